The molecule has 0 spiro atoms. The van der Waals surface area contributed by atoms with Crippen molar-refractivity contribution < 1.29 is 14.3 Å². The van der Waals surface area contributed by atoms with Gasteiger partial charge in [0.1, 0.15) is 0 Å². The Morgan fingerprint density at radius 2 is 1.86 bits per heavy atom. The number of ketones is 1. The van der Waals surface area contributed by atoms with Crippen molar-refractivity contribution in [2.45, 2.75) is 13.8 Å². The van der Waals surface area contributed by atoms with Crippen molar-refractivity contribution in [3.8, 4) is 0 Å². The highest BCUT2D eigenvalue weighted by Gasteiger charge is 2.19. The molecule has 0 saturated carbocycles. The molecule has 0 saturated heterocycles. The highest BCUT2D eigenvalue weighted by atomic mass is 16.5. The average Bonchev–Trinajstić information content (AvgIpc) is 2.81. The molecule has 0 aliphatic heterocycles. The number of Topliss-reactive ketones (excluding diaryl/α,β-unsaturated/α-hetero) is 1. The minimum atomic E-state index is -0.341. The van der Waals surface area contributed by atoms with Gasteiger partial charge in [-0.15, -0.1) is 0 Å². The number of nitrogens with zero attached hydrogens (tertiary/aromatic N) is 1. The van der Waals surface area contributed by atoms with Gasteiger partial charge in [-0.25, -0.2) is 4.79 Å². The fourth-order valence-corrected chi connectivity index (χ4v) is 2.56. The first-order valence-corrected chi connectivity index (χ1v) is 6.84. The van der Waals surface area contributed by atoms with Crippen molar-refractivity contribution in [1.82, 2.24) is 4.40 Å². The number of esters is 1. The molecule has 4 nitrogen and oxygen atoms in total. The van der Waals surface area contributed by atoms with E-state index in [2.05, 4.69) is 0 Å². The molecule has 2 aromatic heterocycles. The molecule has 0 bridgehead atoms. The molecule has 0 radical (unpaired) electrons. The van der Waals surface area contributed by atoms with Gasteiger partial charge in [0, 0.05) is 17.1 Å². The maximum Gasteiger partial charge on any atom is 0.340 e. The number of rotatable bonds is 3. The molecule has 3 aromatic rings. The van der Waals surface area contributed by atoms with E-state index in [1.807, 2.05) is 28.7 Å². The van der Waals surface area contributed by atoms with Crippen LogP contribution in [0.1, 0.15) is 34.6 Å². The summed E-state index contributed by atoms with van der Waals surface area (Å²) in [4.78, 5) is 23.8. The Kier molecular flexibility index (Phi) is 3.22. The zero-order valence-corrected chi connectivity index (χ0v) is 11.9. The smallest absolute Gasteiger partial charge is 0.340 e. The fourth-order valence-electron chi connectivity index (χ4n) is 2.56. The van der Waals surface area contributed by atoms with Crippen LogP contribution in [0.15, 0.2) is 42.6 Å². The molecule has 0 aliphatic rings. The lowest BCUT2D eigenvalue weighted by Crippen LogP contribution is -2.04. The third kappa shape index (κ3) is 2.09. The summed E-state index contributed by atoms with van der Waals surface area (Å²) in [5.74, 6) is -0.348. The topological polar surface area (TPSA) is 47.8 Å². The van der Waals surface area contributed by atoms with Crippen LogP contribution in [0.2, 0.25) is 0 Å². The van der Waals surface area contributed by atoms with E-state index in [0.717, 1.165) is 16.4 Å². The second kappa shape index (κ2) is 5.05. The van der Waals surface area contributed by atoms with Gasteiger partial charge in [0.25, 0.3) is 0 Å². The number of carbonyl (C=O) groups excluding carboxylic acids is 2. The van der Waals surface area contributed by atoms with Crippen LogP contribution in [0.5, 0.6) is 0 Å². The number of carbonyl (C=O) groups is 2. The van der Waals surface area contributed by atoms with Gasteiger partial charge in [0.05, 0.1) is 23.2 Å². The number of benzene rings is 1. The van der Waals surface area contributed by atoms with E-state index >= 15 is 0 Å². The monoisotopic (exact) mass is 281 g/mol. The number of aromatic nitrogens is 1. The van der Waals surface area contributed by atoms with Gasteiger partial charge in [-0.05, 0) is 32.0 Å². The lowest BCUT2D eigenvalue weighted by molar-refractivity contribution is 0.0531. The van der Waals surface area contributed by atoms with Crippen LogP contribution >= 0.6 is 0 Å². The molecular weight excluding hydrogens is 266 g/mol. The van der Waals surface area contributed by atoms with Crippen LogP contribution in [0.3, 0.4) is 0 Å². The summed E-state index contributed by atoms with van der Waals surface area (Å²) in [6, 6.07) is 11.1. The van der Waals surface area contributed by atoms with E-state index in [0.29, 0.717) is 17.7 Å². The van der Waals surface area contributed by atoms with Gasteiger partial charge in [0.2, 0.25) is 0 Å². The number of pyridine rings is 1. The summed E-state index contributed by atoms with van der Waals surface area (Å²) in [7, 11) is 0. The van der Waals surface area contributed by atoms with Crippen molar-refractivity contribution in [2.24, 2.45) is 0 Å². The first-order chi connectivity index (χ1) is 10.1. The van der Waals surface area contributed by atoms with Gasteiger partial charge in [-0.2, -0.15) is 0 Å². The van der Waals surface area contributed by atoms with Gasteiger partial charge in [-0.3, -0.25) is 4.79 Å². The molecule has 4 heteroatoms. The highest BCUT2D eigenvalue weighted by Crippen LogP contribution is 2.27. The average molecular weight is 281 g/mol. The number of para-hydroxylation sites is 1. The second-order valence-corrected chi connectivity index (χ2v) is 4.84. The van der Waals surface area contributed by atoms with Crippen molar-refractivity contribution in [3.05, 3.63) is 53.7 Å². The normalized spacial score (nSPS) is 11.0. The predicted octanol–water partition coefficient (Wildman–Crippen LogP) is 3.47. The Hall–Kier alpha value is -2.62. The molecule has 1 aromatic carbocycles. The lowest BCUT2D eigenvalue weighted by Gasteiger charge is -2.02. The summed E-state index contributed by atoms with van der Waals surface area (Å²) in [5.41, 5.74) is 2.79. The van der Waals surface area contributed by atoms with Crippen molar-refractivity contribution in [3.63, 3.8) is 0 Å². The third-order valence-electron chi connectivity index (χ3n) is 3.52. The predicted molar refractivity (Wildman–Crippen MR) is 80.9 cm³/mol. The maximum atomic E-state index is 12.3. The molecule has 0 atom stereocenters. The minimum Gasteiger partial charge on any atom is -0.462 e. The Bertz CT molecular complexity index is 861. The molecule has 106 valence electrons. The second-order valence-electron chi connectivity index (χ2n) is 4.84. The first kappa shape index (κ1) is 13.4. The number of hydrogen-bond acceptors (Lipinski definition) is 3. The van der Waals surface area contributed by atoms with Gasteiger partial charge in [-0.1, -0.05) is 18.2 Å². The molecular formula is C17H15NO3. The Morgan fingerprint density at radius 3 is 2.57 bits per heavy atom. The number of hydrogen-bond donors (Lipinski definition) is 0. The molecule has 0 aliphatic carbocycles. The molecule has 0 amide bonds. The van der Waals surface area contributed by atoms with Crippen LogP contribution < -0.4 is 0 Å². The minimum absolute atomic E-state index is 0.00707. The fraction of sp³-hybridized carbons (Fsp3) is 0.176. The SMILES string of the molecule is CCOC(=O)c1c2ccccc2n2cc(C(C)=O)ccc12. The zero-order valence-electron chi connectivity index (χ0n) is 11.9. The maximum absolute atomic E-state index is 12.3. The molecule has 21 heavy (non-hydrogen) atoms. The summed E-state index contributed by atoms with van der Waals surface area (Å²) in [6.45, 7) is 3.64. The van der Waals surface area contributed by atoms with Gasteiger partial charge in [0.15, 0.2) is 5.78 Å². The third-order valence-corrected chi connectivity index (χ3v) is 3.52. The van der Waals surface area contributed by atoms with Crippen molar-refractivity contribution >= 4 is 28.2 Å². The Morgan fingerprint density at radius 1 is 1.10 bits per heavy atom. The molecule has 0 N–H and O–H groups in total. The summed E-state index contributed by atoms with van der Waals surface area (Å²) >= 11 is 0. The van der Waals surface area contributed by atoms with Crippen LogP contribution in [0.4, 0.5) is 0 Å². The van der Waals surface area contributed by atoms with Crippen LogP contribution in [-0.4, -0.2) is 22.8 Å². The largest absolute Gasteiger partial charge is 0.462 e. The molecule has 2 heterocycles. The van der Waals surface area contributed by atoms with E-state index < -0.39 is 0 Å². The van der Waals surface area contributed by atoms with Crippen LogP contribution in [-0.2, 0) is 4.74 Å². The zero-order chi connectivity index (χ0) is 15.0. The van der Waals surface area contributed by atoms with E-state index in [4.69, 9.17) is 4.74 Å². The van der Waals surface area contributed by atoms with Gasteiger partial charge >= 0.3 is 5.97 Å². The van der Waals surface area contributed by atoms with Crippen molar-refractivity contribution in [1.29, 1.82) is 0 Å². The Labute approximate surface area is 121 Å². The first-order valence-electron chi connectivity index (χ1n) is 6.84. The quantitative estimate of drug-likeness (QED) is 0.545. The van der Waals surface area contributed by atoms with E-state index in [1.165, 1.54) is 6.92 Å². The molecule has 0 fully saturated rings. The van der Waals surface area contributed by atoms with Crippen LogP contribution in [0.25, 0.3) is 16.4 Å². The molecule has 3 rings (SSSR count). The summed E-state index contributed by atoms with van der Waals surface area (Å²) in [5, 5.41) is 0.830. The summed E-state index contributed by atoms with van der Waals surface area (Å²) < 4.78 is 7.03. The highest BCUT2D eigenvalue weighted by molar-refractivity contribution is 6.12. The van der Waals surface area contributed by atoms with E-state index in [9.17, 15) is 9.59 Å². The van der Waals surface area contributed by atoms with Crippen molar-refractivity contribution in [2.75, 3.05) is 6.61 Å². The Balaban J connectivity index is 2.39. The number of ether oxygens (including phenoxy) is 1. The summed E-state index contributed by atoms with van der Waals surface area (Å²) in [6.07, 6.45) is 1.77. The number of fused-ring (bicyclic) bond motifs is 3. The van der Waals surface area contributed by atoms with Gasteiger partial charge < -0.3 is 9.14 Å². The lowest BCUT2D eigenvalue weighted by atomic mass is 10.1. The standard InChI is InChI=1S/C17H15NO3/c1-3-21-17(20)16-13-6-4-5-7-14(13)18-10-12(11(2)19)8-9-15(16)18/h4-10H,3H2,1-2H3. The van der Waals surface area contributed by atoms with E-state index in [-0.39, 0.29) is 11.8 Å². The van der Waals surface area contributed by atoms with E-state index in [1.54, 1.807) is 25.3 Å². The van der Waals surface area contributed by atoms with Crippen LogP contribution in [0, 0.1) is 0 Å². The molecule has 0 unspecified atom stereocenters.